The SMILES string of the molecule is CCNC(=NCC1(c2ccccc2)CCC1)NCC(O)COCC(C)C.I. The summed E-state index contributed by atoms with van der Waals surface area (Å²) >= 11 is 0. The normalized spacial score (nSPS) is 17.0. The second kappa shape index (κ2) is 12.6. The molecule has 0 spiro atoms. The van der Waals surface area contributed by atoms with E-state index in [1.165, 1.54) is 24.8 Å². The first-order valence-electron chi connectivity index (χ1n) is 9.89. The van der Waals surface area contributed by atoms with Crippen LogP contribution in [0.2, 0.25) is 0 Å². The minimum atomic E-state index is -0.538. The molecule has 1 aromatic carbocycles. The van der Waals surface area contributed by atoms with E-state index in [0.29, 0.717) is 25.7 Å². The Labute approximate surface area is 181 Å². The smallest absolute Gasteiger partial charge is 0.191 e. The van der Waals surface area contributed by atoms with Gasteiger partial charge in [0, 0.05) is 25.1 Å². The zero-order valence-corrected chi connectivity index (χ0v) is 19.2. The van der Waals surface area contributed by atoms with Gasteiger partial charge in [-0.2, -0.15) is 0 Å². The zero-order chi connectivity index (χ0) is 18.8. The molecule has 1 atom stereocenters. The van der Waals surface area contributed by atoms with Gasteiger partial charge < -0.3 is 20.5 Å². The third-order valence-corrected chi connectivity index (χ3v) is 4.85. The van der Waals surface area contributed by atoms with E-state index in [4.69, 9.17) is 9.73 Å². The third kappa shape index (κ3) is 7.95. The van der Waals surface area contributed by atoms with Crippen molar-refractivity contribution < 1.29 is 9.84 Å². The van der Waals surface area contributed by atoms with Crippen LogP contribution in [-0.4, -0.2) is 50.0 Å². The molecule has 1 unspecified atom stereocenters. The molecule has 1 saturated carbocycles. The minimum absolute atomic E-state index is 0. The van der Waals surface area contributed by atoms with Gasteiger partial charge in [-0.3, -0.25) is 4.99 Å². The summed E-state index contributed by atoms with van der Waals surface area (Å²) in [6, 6.07) is 10.7. The highest BCUT2D eigenvalue weighted by Crippen LogP contribution is 2.43. The van der Waals surface area contributed by atoms with Crippen LogP contribution in [0.25, 0.3) is 0 Å². The van der Waals surface area contributed by atoms with Crippen molar-refractivity contribution in [3.05, 3.63) is 35.9 Å². The van der Waals surface area contributed by atoms with Crippen LogP contribution < -0.4 is 10.6 Å². The Kier molecular flexibility index (Phi) is 11.3. The van der Waals surface area contributed by atoms with Crippen molar-refractivity contribution >= 4 is 29.9 Å². The lowest BCUT2D eigenvalue weighted by Crippen LogP contribution is -2.44. The maximum absolute atomic E-state index is 10.1. The molecule has 1 aliphatic rings. The van der Waals surface area contributed by atoms with Crippen LogP contribution in [-0.2, 0) is 10.2 Å². The molecule has 27 heavy (non-hydrogen) atoms. The summed E-state index contributed by atoms with van der Waals surface area (Å²) in [5, 5.41) is 16.6. The van der Waals surface area contributed by atoms with Crippen LogP contribution in [0.1, 0.15) is 45.6 Å². The van der Waals surface area contributed by atoms with E-state index in [9.17, 15) is 5.11 Å². The van der Waals surface area contributed by atoms with E-state index in [1.807, 2.05) is 0 Å². The molecule has 2 rings (SSSR count). The molecule has 1 aromatic rings. The summed E-state index contributed by atoms with van der Waals surface area (Å²) in [6.07, 6.45) is 3.10. The Morgan fingerprint density at radius 3 is 2.44 bits per heavy atom. The van der Waals surface area contributed by atoms with Crippen LogP contribution in [0.15, 0.2) is 35.3 Å². The maximum atomic E-state index is 10.1. The molecule has 1 aliphatic carbocycles. The molecule has 0 bridgehead atoms. The van der Waals surface area contributed by atoms with Crippen LogP contribution in [0.4, 0.5) is 0 Å². The van der Waals surface area contributed by atoms with Gasteiger partial charge in [-0.05, 0) is 31.2 Å². The van der Waals surface area contributed by atoms with Gasteiger partial charge >= 0.3 is 0 Å². The van der Waals surface area contributed by atoms with E-state index >= 15 is 0 Å². The number of guanidine groups is 1. The predicted molar refractivity (Wildman–Crippen MR) is 123 cm³/mol. The lowest BCUT2D eigenvalue weighted by atomic mass is 9.64. The van der Waals surface area contributed by atoms with Crippen molar-refractivity contribution in [1.29, 1.82) is 0 Å². The fourth-order valence-corrected chi connectivity index (χ4v) is 3.22. The van der Waals surface area contributed by atoms with Crippen molar-refractivity contribution in [2.24, 2.45) is 10.9 Å². The van der Waals surface area contributed by atoms with Crippen LogP contribution >= 0.6 is 24.0 Å². The van der Waals surface area contributed by atoms with Gasteiger partial charge in [0.15, 0.2) is 5.96 Å². The molecule has 0 heterocycles. The summed E-state index contributed by atoms with van der Waals surface area (Å²) in [5.74, 6) is 1.24. The highest BCUT2D eigenvalue weighted by Gasteiger charge is 2.38. The number of halogens is 1. The minimum Gasteiger partial charge on any atom is -0.389 e. The molecule has 3 N–H and O–H groups in total. The quantitative estimate of drug-likeness (QED) is 0.268. The number of benzene rings is 1. The Morgan fingerprint density at radius 2 is 1.89 bits per heavy atom. The molecule has 1 fully saturated rings. The summed E-state index contributed by atoms with van der Waals surface area (Å²) in [6.45, 7) is 9.27. The van der Waals surface area contributed by atoms with Gasteiger partial charge in [0.2, 0.25) is 0 Å². The summed E-state index contributed by atoms with van der Waals surface area (Å²) in [7, 11) is 0. The number of rotatable bonds is 10. The second-order valence-corrected chi connectivity index (χ2v) is 7.66. The number of hydrogen-bond donors (Lipinski definition) is 3. The Morgan fingerprint density at radius 1 is 1.19 bits per heavy atom. The van der Waals surface area contributed by atoms with Crippen molar-refractivity contribution in [2.45, 2.75) is 51.6 Å². The third-order valence-electron chi connectivity index (χ3n) is 4.85. The van der Waals surface area contributed by atoms with Gasteiger partial charge in [0.25, 0.3) is 0 Å². The van der Waals surface area contributed by atoms with Gasteiger partial charge in [-0.25, -0.2) is 0 Å². The number of nitrogens with zero attached hydrogens (tertiary/aromatic N) is 1. The van der Waals surface area contributed by atoms with E-state index in [2.05, 4.69) is 61.7 Å². The van der Waals surface area contributed by atoms with E-state index < -0.39 is 6.10 Å². The molecule has 0 aromatic heterocycles. The first kappa shape index (κ1) is 24.2. The van der Waals surface area contributed by atoms with Crippen molar-refractivity contribution in [1.82, 2.24) is 10.6 Å². The average Bonchev–Trinajstić information content (AvgIpc) is 2.59. The molecule has 0 saturated heterocycles. The number of ether oxygens (including phenoxy) is 1. The Hall–Kier alpha value is -0.860. The van der Waals surface area contributed by atoms with Crippen LogP contribution in [0.3, 0.4) is 0 Å². The van der Waals surface area contributed by atoms with Gasteiger partial charge in [0.05, 0.1) is 19.3 Å². The topological polar surface area (TPSA) is 65.9 Å². The summed E-state index contributed by atoms with van der Waals surface area (Å²) < 4.78 is 5.50. The fourth-order valence-electron chi connectivity index (χ4n) is 3.22. The fraction of sp³-hybridized carbons (Fsp3) is 0.667. The summed E-state index contributed by atoms with van der Waals surface area (Å²) in [4.78, 5) is 4.81. The second-order valence-electron chi connectivity index (χ2n) is 7.66. The Bertz CT molecular complexity index is 548. The van der Waals surface area contributed by atoms with Gasteiger partial charge in [0.1, 0.15) is 0 Å². The molecule has 0 radical (unpaired) electrons. The number of nitrogens with one attached hydrogen (secondary N) is 2. The summed E-state index contributed by atoms with van der Waals surface area (Å²) in [5.41, 5.74) is 1.55. The van der Waals surface area contributed by atoms with Crippen molar-refractivity contribution in [2.75, 3.05) is 32.8 Å². The monoisotopic (exact) mass is 489 g/mol. The molecular weight excluding hydrogens is 453 g/mol. The van der Waals surface area contributed by atoms with E-state index in [0.717, 1.165) is 19.0 Å². The molecule has 0 aliphatic heterocycles. The van der Waals surface area contributed by atoms with Crippen molar-refractivity contribution in [3.63, 3.8) is 0 Å². The molecular formula is C21H36IN3O2. The number of aliphatic imine (C=N–C) groups is 1. The lowest BCUT2D eigenvalue weighted by Gasteiger charge is -2.41. The molecule has 0 amide bonds. The van der Waals surface area contributed by atoms with Crippen molar-refractivity contribution in [3.8, 4) is 0 Å². The average molecular weight is 489 g/mol. The van der Waals surface area contributed by atoms with E-state index in [-0.39, 0.29) is 29.4 Å². The molecule has 6 heteroatoms. The number of aliphatic hydroxyl groups excluding tert-OH is 1. The van der Waals surface area contributed by atoms with Crippen LogP contribution in [0.5, 0.6) is 0 Å². The molecule has 5 nitrogen and oxygen atoms in total. The Balaban J connectivity index is 0.00000364. The van der Waals surface area contributed by atoms with Gasteiger partial charge in [-0.1, -0.05) is 50.6 Å². The maximum Gasteiger partial charge on any atom is 0.191 e. The zero-order valence-electron chi connectivity index (χ0n) is 16.9. The predicted octanol–water partition coefficient (Wildman–Crippen LogP) is 3.31. The van der Waals surface area contributed by atoms with E-state index in [1.54, 1.807) is 0 Å². The lowest BCUT2D eigenvalue weighted by molar-refractivity contribution is 0.0280. The van der Waals surface area contributed by atoms with Gasteiger partial charge in [-0.15, -0.1) is 24.0 Å². The highest BCUT2D eigenvalue weighted by atomic mass is 127. The first-order valence-corrected chi connectivity index (χ1v) is 9.89. The first-order chi connectivity index (χ1) is 12.6. The number of aliphatic hydroxyl groups is 1. The highest BCUT2D eigenvalue weighted by molar-refractivity contribution is 14.0. The van der Waals surface area contributed by atoms with Crippen LogP contribution in [0, 0.1) is 5.92 Å². The standard InChI is InChI=1S/C21H35N3O2.HI/c1-4-22-20(23-13-19(25)15-26-14-17(2)3)24-16-21(11-8-12-21)18-9-6-5-7-10-18;/h5-7,9-10,17,19,25H,4,8,11-16H2,1-3H3,(H2,22,23,24);1H. The number of hydrogen-bond acceptors (Lipinski definition) is 3. The largest absolute Gasteiger partial charge is 0.389 e. The molecule has 154 valence electrons.